The van der Waals surface area contributed by atoms with Gasteiger partial charge in [0.1, 0.15) is 0 Å². The summed E-state index contributed by atoms with van der Waals surface area (Å²) in [7, 11) is 0. The highest BCUT2D eigenvalue weighted by atomic mass is 19.4. The van der Waals surface area contributed by atoms with Crippen molar-refractivity contribution in [3.63, 3.8) is 0 Å². The highest BCUT2D eigenvalue weighted by Gasteiger charge is 2.32. The Hall–Kier alpha value is -0.210. The largest absolute Gasteiger partial charge is 0.389 e. The first-order valence-electron chi connectivity index (χ1n) is 4.47. The quantitative estimate of drug-likeness (QED) is 0.616. The predicted molar refractivity (Wildman–Crippen MR) is 43.9 cm³/mol. The summed E-state index contributed by atoms with van der Waals surface area (Å²) in [5.74, 6) is -0.0216. The lowest BCUT2D eigenvalue weighted by atomic mass is 9.87. The fourth-order valence-corrected chi connectivity index (χ4v) is 1.63. The zero-order valence-electron chi connectivity index (χ0n) is 7.91. The first-order chi connectivity index (χ1) is 5.40. The SMILES string of the molecule is CCC(CC)C(C)CC(F)(F)F. The summed E-state index contributed by atoms with van der Waals surface area (Å²) in [4.78, 5) is 0. The van der Waals surface area contributed by atoms with E-state index < -0.39 is 12.6 Å². The van der Waals surface area contributed by atoms with Crippen molar-refractivity contribution >= 4 is 0 Å². The van der Waals surface area contributed by atoms with Crippen molar-refractivity contribution in [1.29, 1.82) is 0 Å². The van der Waals surface area contributed by atoms with Crippen molar-refractivity contribution in [1.82, 2.24) is 0 Å². The highest BCUT2D eigenvalue weighted by molar-refractivity contribution is 4.67. The second kappa shape index (κ2) is 4.73. The Balaban J connectivity index is 3.92. The van der Waals surface area contributed by atoms with Gasteiger partial charge in [0.2, 0.25) is 0 Å². The molecule has 0 bridgehead atoms. The second-order valence-electron chi connectivity index (χ2n) is 3.37. The topological polar surface area (TPSA) is 0 Å². The van der Waals surface area contributed by atoms with Crippen molar-refractivity contribution in [3.8, 4) is 0 Å². The summed E-state index contributed by atoms with van der Waals surface area (Å²) < 4.78 is 35.8. The van der Waals surface area contributed by atoms with Crippen LogP contribution < -0.4 is 0 Å². The van der Waals surface area contributed by atoms with Crippen LogP contribution in [-0.4, -0.2) is 6.18 Å². The Morgan fingerprint density at radius 2 is 1.50 bits per heavy atom. The zero-order valence-corrected chi connectivity index (χ0v) is 7.91. The van der Waals surface area contributed by atoms with Crippen LogP contribution in [0.2, 0.25) is 0 Å². The van der Waals surface area contributed by atoms with Crippen LogP contribution in [0.3, 0.4) is 0 Å². The average molecular weight is 182 g/mol. The second-order valence-corrected chi connectivity index (χ2v) is 3.37. The highest BCUT2D eigenvalue weighted by Crippen LogP contribution is 2.31. The minimum Gasteiger partial charge on any atom is -0.171 e. The third-order valence-corrected chi connectivity index (χ3v) is 2.41. The van der Waals surface area contributed by atoms with E-state index in [0.717, 1.165) is 12.8 Å². The summed E-state index contributed by atoms with van der Waals surface area (Å²) in [6.45, 7) is 5.58. The number of hydrogen-bond acceptors (Lipinski definition) is 0. The first kappa shape index (κ1) is 11.8. The van der Waals surface area contributed by atoms with E-state index in [9.17, 15) is 13.2 Å². The molecular formula is C9H17F3. The molecule has 0 N–H and O–H groups in total. The van der Waals surface area contributed by atoms with Gasteiger partial charge in [0, 0.05) is 6.42 Å². The molecule has 0 aliphatic heterocycles. The number of alkyl halides is 3. The van der Waals surface area contributed by atoms with E-state index in [0.29, 0.717) is 0 Å². The van der Waals surface area contributed by atoms with Crippen LogP contribution in [0.15, 0.2) is 0 Å². The molecule has 0 saturated carbocycles. The molecule has 0 spiro atoms. The summed E-state index contributed by atoms with van der Waals surface area (Å²) in [5, 5.41) is 0. The molecule has 74 valence electrons. The van der Waals surface area contributed by atoms with E-state index in [1.807, 2.05) is 13.8 Å². The lowest BCUT2D eigenvalue weighted by Crippen LogP contribution is -2.19. The Morgan fingerprint density at radius 3 is 1.75 bits per heavy atom. The Morgan fingerprint density at radius 1 is 1.08 bits per heavy atom. The molecule has 0 aliphatic rings. The Kier molecular flexibility index (Phi) is 4.64. The van der Waals surface area contributed by atoms with Crippen LogP contribution in [0.1, 0.15) is 40.0 Å². The maximum absolute atomic E-state index is 11.9. The predicted octanol–water partition coefficient (Wildman–Crippen LogP) is 4.01. The lowest BCUT2D eigenvalue weighted by molar-refractivity contribution is -0.147. The van der Waals surface area contributed by atoms with E-state index in [2.05, 4.69) is 0 Å². The van der Waals surface area contributed by atoms with Crippen LogP contribution in [0.5, 0.6) is 0 Å². The van der Waals surface area contributed by atoms with Gasteiger partial charge < -0.3 is 0 Å². The van der Waals surface area contributed by atoms with Crippen LogP contribution in [0, 0.1) is 11.8 Å². The maximum Gasteiger partial charge on any atom is 0.389 e. The molecule has 0 heterocycles. The maximum atomic E-state index is 11.9. The molecular weight excluding hydrogens is 165 g/mol. The smallest absolute Gasteiger partial charge is 0.171 e. The van der Waals surface area contributed by atoms with Crippen LogP contribution in [0.4, 0.5) is 13.2 Å². The number of halogens is 3. The molecule has 1 atom stereocenters. The first-order valence-corrected chi connectivity index (χ1v) is 4.47. The molecule has 0 nitrogen and oxygen atoms in total. The van der Waals surface area contributed by atoms with Gasteiger partial charge in [-0.15, -0.1) is 0 Å². The van der Waals surface area contributed by atoms with Crippen molar-refractivity contribution in [2.75, 3.05) is 0 Å². The summed E-state index contributed by atoms with van der Waals surface area (Å²) in [6, 6.07) is 0. The summed E-state index contributed by atoms with van der Waals surface area (Å²) in [6.07, 6.45) is -2.96. The Labute approximate surface area is 72.2 Å². The monoisotopic (exact) mass is 182 g/mol. The third-order valence-electron chi connectivity index (χ3n) is 2.41. The molecule has 0 rings (SSSR count). The van der Waals surface area contributed by atoms with E-state index in [-0.39, 0.29) is 11.8 Å². The molecule has 0 fully saturated rings. The molecule has 0 amide bonds. The fourth-order valence-electron chi connectivity index (χ4n) is 1.63. The van der Waals surface area contributed by atoms with Crippen LogP contribution in [-0.2, 0) is 0 Å². The van der Waals surface area contributed by atoms with Crippen molar-refractivity contribution in [2.24, 2.45) is 11.8 Å². The summed E-state index contributed by atoms with van der Waals surface area (Å²) >= 11 is 0. The van der Waals surface area contributed by atoms with Gasteiger partial charge in [-0.2, -0.15) is 13.2 Å². The van der Waals surface area contributed by atoms with Crippen LogP contribution in [0.25, 0.3) is 0 Å². The van der Waals surface area contributed by atoms with Gasteiger partial charge in [-0.25, -0.2) is 0 Å². The van der Waals surface area contributed by atoms with Gasteiger partial charge >= 0.3 is 6.18 Å². The molecule has 0 aromatic heterocycles. The fraction of sp³-hybridized carbons (Fsp3) is 1.00. The van der Waals surface area contributed by atoms with E-state index >= 15 is 0 Å². The van der Waals surface area contributed by atoms with E-state index in [1.54, 1.807) is 6.92 Å². The average Bonchev–Trinajstić information content (AvgIpc) is 1.85. The van der Waals surface area contributed by atoms with Gasteiger partial charge in [-0.3, -0.25) is 0 Å². The number of hydrogen-bond donors (Lipinski definition) is 0. The van der Waals surface area contributed by atoms with Crippen molar-refractivity contribution < 1.29 is 13.2 Å². The van der Waals surface area contributed by atoms with Crippen molar-refractivity contribution in [3.05, 3.63) is 0 Å². The molecule has 0 radical (unpaired) electrons. The Bertz CT molecular complexity index is 113. The molecule has 0 aromatic rings. The molecule has 1 unspecified atom stereocenters. The normalized spacial score (nSPS) is 15.2. The van der Waals surface area contributed by atoms with Gasteiger partial charge in [-0.05, 0) is 11.8 Å². The molecule has 0 aliphatic carbocycles. The minimum atomic E-state index is -4.00. The van der Waals surface area contributed by atoms with Gasteiger partial charge in [-0.1, -0.05) is 33.6 Å². The molecule has 12 heavy (non-hydrogen) atoms. The standard InChI is InChI=1S/C9H17F3/c1-4-8(5-2)7(3)6-9(10,11)12/h7-8H,4-6H2,1-3H3. The van der Waals surface area contributed by atoms with Gasteiger partial charge in [0.05, 0.1) is 0 Å². The van der Waals surface area contributed by atoms with Crippen molar-refractivity contribution in [2.45, 2.75) is 46.2 Å². The zero-order chi connectivity index (χ0) is 9.78. The van der Waals surface area contributed by atoms with Gasteiger partial charge in [0.15, 0.2) is 0 Å². The summed E-state index contributed by atoms with van der Waals surface area (Å²) in [5.41, 5.74) is 0. The minimum absolute atomic E-state index is 0.214. The molecule has 3 heteroatoms. The van der Waals surface area contributed by atoms with Gasteiger partial charge in [0.25, 0.3) is 0 Å². The molecule has 0 aromatic carbocycles. The lowest BCUT2D eigenvalue weighted by Gasteiger charge is -2.22. The third kappa shape index (κ3) is 4.62. The van der Waals surface area contributed by atoms with Crippen LogP contribution >= 0.6 is 0 Å². The van der Waals surface area contributed by atoms with E-state index in [4.69, 9.17) is 0 Å². The number of rotatable bonds is 4. The van der Waals surface area contributed by atoms with E-state index in [1.165, 1.54) is 0 Å². The molecule has 0 saturated heterocycles.